The third-order valence-electron chi connectivity index (χ3n) is 4.36. The number of carbonyl (C=O) groups is 2. The molecule has 23 heavy (non-hydrogen) atoms. The molecule has 3 aliphatic heterocycles. The summed E-state index contributed by atoms with van der Waals surface area (Å²) in [6, 6.07) is -0.484. The van der Waals surface area contributed by atoms with E-state index in [0.717, 1.165) is 12.8 Å². The molecular weight excluding hydrogens is 300 g/mol. The largest absolute Gasteiger partial charge is 0.356 e. The molecule has 3 fully saturated rings. The van der Waals surface area contributed by atoms with E-state index < -0.39 is 17.9 Å². The molecule has 2 N–H and O–H groups in total. The molecule has 5 atom stereocenters. The molecule has 3 aliphatic rings. The van der Waals surface area contributed by atoms with Crippen LogP contribution in [-0.2, 0) is 23.8 Å². The Kier molecular flexibility index (Phi) is 4.44. The molecule has 0 aromatic rings. The second-order valence-corrected chi connectivity index (χ2v) is 6.67. The first kappa shape index (κ1) is 16.4. The monoisotopic (exact) mass is 324 g/mol. The van der Waals surface area contributed by atoms with Gasteiger partial charge >= 0.3 is 0 Å². The summed E-state index contributed by atoms with van der Waals surface area (Å²) >= 11 is 0. The predicted molar refractivity (Wildman–Crippen MR) is 81.5 cm³/mol. The van der Waals surface area contributed by atoms with E-state index in [1.54, 1.807) is 6.08 Å². The number of hydrogen-bond donors (Lipinski definition) is 2. The smallest absolute Gasteiger partial charge is 0.252 e. The van der Waals surface area contributed by atoms with Gasteiger partial charge in [-0.05, 0) is 33.1 Å². The highest BCUT2D eigenvalue weighted by Gasteiger charge is 2.57. The highest BCUT2D eigenvalue weighted by Crippen LogP contribution is 2.38. The van der Waals surface area contributed by atoms with Crippen molar-refractivity contribution in [3.05, 3.63) is 12.7 Å². The van der Waals surface area contributed by atoms with Crippen molar-refractivity contribution in [3.63, 3.8) is 0 Å². The Morgan fingerprint density at radius 1 is 1.35 bits per heavy atom. The molecule has 3 heterocycles. The van der Waals surface area contributed by atoms with Crippen LogP contribution in [0.2, 0.25) is 0 Å². The standard InChI is InChI=1S/C16H24N2O5/c1-4-10-11(23-16(2,3)22-10)12-13(21-12)15(20)18-9-7-5-6-8-17-14(9)19/h4,9-13H,1,5-8H2,2-3H3,(H,17,19)(H,18,20)/t9-,10+,11-,12-,13+/m0/s1. The Morgan fingerprint density at radius 3 is 2.87 bits per heavy atom. The predicted octanol–water partition coefficient (Wildman–Crippen LogP) is 0.245. The van der Waals surface area contributed by atoms with Crippen LogP contribution in [0.5, 0.6) is 0 Å². The van der Waals surface area contributed by atoms with E-state index in [9.17, 15) is 9.59 Å². The number of ether oxygens (including phenoxy) is 3. The zero-order chi connectivity index (χ0) is 16.6. The number of epoxide rings is 1. The fraction of sp³-hybridized carbons (Fsp3) is 0.750. The van der Waals surface area contributed by atoms with Gasteiger partial charge in [0.2, 0.25) is 5.91 Å². The van der Waals surface area contributed by atoms with E-state index >= 15 is 0 Å². The van der Waals surface area contributed by atoms with Gasteiger partial charge in [-0.3, -0.25) is 9.59 Å². The molecule has 128 valence electrons. The first-order valence-electron chi connectivity index (χ1n) is 8.13. The molecule has 0 aliphatic carbocycles. The van der Waals surface area contributed by atoms with Gasteiger partial charge in [0.1, 0.15) is 24.4 Å². The van der Waals surface area contributed by atoms with E-state index in [0.29, 0.717) is 13.0 Å². The summed E-state index contributed by atoms with van der Waals surface area (Å²) in [4.78, 5) is 24.2. The summed E-state index contributed by atoms with van der Waals surface area (Å²) in [6.07, 6.45) is 2.52. The lowest BCUT2D eigenvalue weighted by atomic mass is 10.1. The van der Waals surface area contributed by atoms with Gasteiger partial charge < -0.3 is 24.8 Å². The van der Waals surface area contributed by atoms with Gasteiger partial charge in [-0.2, -0.15) is 0 Å². The molecule has 0 aromatic carbocycles. The summed E-state index contributed by atoms with van der Waals surface area (Å²) in [5, 5.41) is 5.58. The van der Waals surface area contributed by atoms with E-state index in [1.807, 2.05) is 13.8 Å². The molecular formula is C16H24N2O5. The molecule has 3 saturated heterocycles. The highest BCUT2D eigenvalue weighted by molar-refractivity contribution is 5.90. The van der Waals surface area contributed by atoms with Gasteiger partial charge in [0.25, 0.3) is 5.91 Å². The van der Waals surface area contributed by atoms with Crippen LogP contribution in [0.15, 0.2) is 12.7 Å². The van der Waals surface area contributed by atoms with Crippen LogP contribution in [0.25, 0.3) is 0 Å². The Labute approximate surface area is 135 Å². The summed E-state index contributed by atoms with van der Waals surface area (Å²) in [7, 11) is 0. The molecule has 3 rings (SSSR count). The van der Waals surface area contributed by atoms with E-state index in [1.165, 1.54) is 0 Å². The van der Waals surface area contributed by atoms with E-state index in [2.05, 4.69) is 17.2 Å². The third kappa shape index (κ3) is 3.57. The maximum Gasteiger partial charge on any atom is 0.252 e. The van der Waals surface area contributed by atoms with Crippen LogP contribution < -0.4 is 10.6 Å². The van der Waals surface area contributed by atoms with Gasteiger partial charge in [-0.1, -0.05) is 6.08 Å². The molecule has 0 saturated carbocycles. The number of rotatable bonds is 4. The van der Waals surface area contributed by atoms with Gasteiger partial charge in [0.15, 0.2) is 11.9 Å². The average Bonchev–Trinajstić information content (AvgIpc) is 3.25. The Balaban J connectivity index is 1.56. The number of carbonyl (C=O) groups excluding carboxylic acids is 2. The van der Waals surface area contributed by atoms with Crippen molar-refractivity contribution in [1.29, 1.82) is 0 Å². The van der Waals surface area contributed by atoms with Crippen LogP contribution in [0, 0.1) is 0 Å². The Bertz CT molecular complexity index is 507. The Hall–Kier alpha value is -1.44. The number of hydrogen-bond acceptors (Lipinski definition) is 5. The lowest BCUT2D eigenvalue weighted by Crippen LogP contribution is -2.47. The van der Waals surface area contributed by atoms with Gasteiger partial charge in [-0.15, -0.1) is 6.58 Å². The fourth-order valence-corrected chi connectivity index (χ4v) is 3.17. The van der Waals surface area contributed by atoms with Gasteiger partial charge in [0, 0.05) is 6.54 Å². The second kappa shape index (κ2) is 6.22. The highest BCUT2D eigenvalue weighted by atomic mass is 16.8. The molecule has 7 nitrogen and oxygen atoms in total. The molecule has 2 amide bonds. The van der Waals surface area contributed by atoms with Crippen LogP contribution in [0.1, 0.15) is 33.1 Å². The maximum absolute atomic E-state index is 12.3. The van der Waals surface area contributed by atoms with Gasteiger partial charge in [-0.25, -0.2) is 0 Å². The average molecular weight is 324 g/mol. The maximum atomic E-state index is 12.3. The SMILES string of the molecule is C=C[C@H]1OC(C)(C)O[C@@H]1[C@@H]1O[C@H]1C(=O)N[C@H]1CCCCNC1=O. The molecule has 0 bridgehead atoms. The van der Waals surface area contributed by atoms with Crippen molar-refractivity contribution in [3.8, 4) is 0 Å². The van der Waals surface area contributed by atoms with Crippen molar-refractivity contribution in [2.45, 2.75) is 69.4 Å². The minimum Gasteiger partial charge on any atom is -0.356 e. The van der Waals surface area contributed by atoms with Crippen molar-refractivity contribution in [2.24, 2.45) is 0 Å². The molecule has 0 radical (unpaired) electrons. The van der Waals surface area contributed by atoms with Crippen molar-refractivity contribution in [2.75, 3.05) is 6.54 Å². The van der Waals surface area contributed by atoms with Gasteiger partial charge in [0.05, 0.1) is 0 Å². The summed E-state index contributed by atoms with van der Waals surface area (Å²) in [5.41, 5.74) is 0. The van der Waals surface area contributed by atoms with Crippen LogP contribution in [-0.4, -0.2) is 54.6 Å². The number of nitrogens with one attached hydrogen (secondary N) is 2. The molecule has 0 unspecified atom stereocenters. The first-order valence-corrected chi connectivity index (χ1v) is 8.13. The van der Waals surface area contributed by atoms with E-state index in [-0.39, 0.29) is 30.1 Å². The summed E-state index contributed by atoms with van der Waals surface area (Å²) in [5.74, 6) is -1.12. The van der Waals surface area contributed by atoms with Crippen molar-refractivity contribution < 1.29 is 23.8 Å². The quantitative estimate of drug-likeness (QED) is 0.571. The zero-order valence-corrected chi connectivity index (χ0v) is 13.5. The van der Waals surface area contributed by atoms with Crippen molar-refractivity contribution >= 4 is 11.8 Å². The van der Waals surface area contributed by atoms with Crippen LogP contribution in [0.4, 0.5) is 0 Å². The lowest BCUT2D eigenvalue weighted by molar-refractivity contribution is -0.144. The fourth-order valence-electron chi connectivity index (χ4n) is 3.17. The third-order valence-corrected chi connectivity index (χ3v) is 4.36. The molecule has 0 spiro atoms. The Morgan fingerprint density at radius 2 is 2.13 bits per heavy atom. The zero-order valence-electron chi connectivity index (χ0n) is 13.5. The van der Waals surface area contributed by atoms with E-state index in [4.69, 9.17) is 14.2 Å². The molecule has 7 heteroatoms. The normalized spacial score (nSPS) is 39.2. The molecule has 0 aromatic heterocycles. The second-order valence-electron chi connectivity index (χ2n) is 6.67. The summed E-state index contributed by atoms with van der Waals surface area (Å²) in [6.45, 7) is 8.03. The topological polar surface area (TPSA) is 89.2 Å². The number of amides is 2. The lowest BCUT2D eigenvalue weighted by Gasteiger charge is -2.16. The van der Waals surface area contributed by atoms with Crippen LogP contribution in [0.3, 0.4) is 0 Å². The minimum atomic E-state index is -0.725. The van der Waals surface area contributed by atoms with Crippen molar-refractivity contribution in [1.82, 2.24) is 10.6 Å². The first-order chi connectivity index (χ1) is 10.9. The van der Waals surface area contributed by atoms with Crippen LogP contribution >= 0.6 is 0 Å². The minimum absolute atomic E-state index is 0.126. The summed E-state index contributed by atoms with van der Waals surface area (Å²) < 4.78 is 17.0.